The van der Waals surface area contributed by atoms with E-state index in [1.807, 2.05) is 6.92 Å². The van der Waals surface area contributed by atoms with Crippen LogP contribution in [0.25, 0.3) is 0 Å². The average Bonchev–Trinajstić information content (AvgIpc) is 2.42. The summed E-state index contributed by atoms with van der Waals surface area (Å²) in [6.07, 6.45) is 0.163. The third kappa shape index (κ3) is 4.59. The summed E-state index contributed by atoms with van der Waals surface area (Å²) in [6, 6.07) is 6.75. The third-order valence-electron chi connectivity index (χ3n) is 2.73. The number of benzene rings is 1. The fraction of sp³-hybridized carbons (Fsp3) is 0.385. The van der Waals surface area contributed by atoms with Gasteiger partial charge in [0.2, 0.25) is 5.91 Å². The second-order valence-corrected chi connectivity index (χ2v) is 4.02. The molecule has 0 radical (unpaired) electrons. The molecule has 1 rings (SSSR count). The van der Waals surface area contributed by atoms with Crippen molar-refractivity contribution in [2.24, 2.45) is 11.7 Å². The van der Waals surface area contributed by atoms with Gasteiger partial charge in [-0.2, -0.15) is 0 Å². The van der Waals surface area contributed by atoms with Crippen LogP contribution in [0.4, 0.5) is 16.2 Å². The highest BCUT2D eigenvalue weighted by molar-refractivity contribution is 5.93. The summed E-state index contributed by atoms with van der Waals surface area (Å²) in [7, 11) is 1.29. The quantitative estimate of drug-likeness (QED) is 0.756. The minimum atomic E-state index is -0.536. The molecule has 1 aromatic rings. The zero-order chi connectivity index (χ0) is 14.3. The van der Waals surface area contributed by atoms with Gasteiger partial charge in [-0.3, -0.25) is 10.1 Å². The number of rotatable bonds is 5. The smallest absolute Gasteiger partial charge is 0.411 e. The summed E-state index contributed by atoms with van der Waals surface area (Å²) in [6.45, 7) is 2.24. The zero-order valence-electron chi connectivity index (χ0n) is 11.1. The molecular formula is C13H19N3O3. The van der Waals surface area contributed by atoms with Crippen molar-refractivity contribution in [3.63, 3.8) is 0 Å². The maximum atomic E-state index is 11.8. The Morgan fingerprint density at radius 3 is 2.16 bits per heavy atom. The van der Waals surface area contributed by atoms with E-state index >= 15 is 0 Å². The van der Waals surface area contributed by atoms with Crippen LogP contribution in [0.2, 0.25) is 0 Å². The number of methoxy groups -OCH3 is 1. The molecule has 0 fully saturated rings. The Kier molecular flexibility index (Phi) is 5.81. The van der Waals surface area contributed by atoms with Crippen molar-refractivity contribution in [2.75, 3.05) is 24.3 Å². The van der Waals surface area contributed by atoms with Crippen LogP contribution in [-0.4, -0.2) is 25.7 Å². The van der Waals surface area contributed by atoms with Crippen LogP contribution < -0.4 is 16.4 Å². The van der Waals surface area contributed by atoms with E-state index in [1.54, 1.807) is 24.3 Å². The Labute approximate surface area is 112 Å². The van der Waals surface area contributed by atoms with Gasteiger partial charge in [-0.25, -0.2) is 4.79 Å². The van der Waals surface area contributed by atoms with Crippen molar-refractivity contribution in [2.45, 2.75) is 13.3 Å². The monoisotopic (exact) mass is 265 g/mol. The predicted octanol–water partition coefficient (Wildman–Crippen LogP) is 1.79. The SMILES string of the molecule is CCC(CN)C(=O)Nc1ccc(NC(=O)OC)cc1. The number of amides is 2. The Balaban J connectivity index is 2.61. The molecule has 6 heteroatoms. The van der Waals surface area contributed by atoms with Gasteiger partial charge in [0.1, 0.15) is 0 Å². The van der Waals surface area contributed by atoms with Gasteiger partial charge in [0.15, 0.2) is 0 Å². The van der Waals surface area contributed by atoms with Crippen molar-refractivity contribution in [3.8, 4) is 0 Å². The van der Waals surface area contributed by atoms with Gasteiger partial charge in [0.25, 0.3) is 0 Å². The maximum absolute atomic E-state index is 11.8. The predicted molar refractivity (Wildman–Crippen MR) is 73.9 cm³/mol. The van der Waals surface area contributed by atoms with Crippen LogP contribution in [0, 0.1) is 5.92 Å². The normalized spacial score (nSPS) is 11.5. The number of anilines is 2. The topological polar surface area (TPSA) is 93.5 Å². The summed E-state index contributed by atoms with van der Waals surface area (Å²) < 4.78 is 4.48. The van der Waals surface area contributed by atoms with Crippen LogP contribution in [0.3, 0.4) is 0 Å². The molecule has 4 N–H and O–H groups in total. The largest absolute Gasteiger partial charge is 0.453 e. The Morgan fingerprint density at radius 1 is 1.21 bits per heavy atom. The van der Waals surface area contributed by atoms with Crippen LogP contribution in [-0.2, 0) is 9.53 Å². The molecule has 0 bridgehead atoms. The average molecular weight is 265 g/mol. The van der Waals surface area contributed by atoms with Crippen molar-refractivity contribution in [1.29, 1.82) is 0 Å². The van der Waals surface area contributed by atoms with E-state index in [1.165, 1.54) is 7.11 Å². The number of ether oxygens (including phenoxy) is 1. The summed E-state index contributed by atoms with van der Waals surface area (Å²) >= 11 is 0. The third-order valence-corrected chi connectivity index (χ3v) is 2.73. The Bertz CT molecular complexity index is 427. The lowest BCUT2D eigenvalue weighted by Gasteiger charge is -2.13. The minimum absolute atomic E-state index is 0.0984. The van der Waals surface area contributed by atoms with E-state index in [4.69, 9.17) is 5.73 Å². The Hall–Kier alpha value is -2.08. The Morgan fingerprint density at radius 2 is 1.74 bits per heavy atom. The lowest BCUT2D eigenvalue weighted by Crippen LogP contribution is -2.28. The van der Waals surface area contributed by atoms with E-state index in [0.29, 0.717) is 24.3 Å². The molecule has 19 heavy (non-hydrogen) atoms. The molecule has 1 unspecified atom stereocenters. The van der Waals surface area contributed by atoms with Crippen molar-refractivity contribution >= 4 is 23.4 Å². The van der Waals surface area contributed by atoms with Gasteiger partial charge in [-0.1, -0.05) is 6.92 Å². The van der Waals surface area contributed by atoms with Crippen molar-refractivity contribution in [1.82, 2.24) is 0 Å². The van der Waals surface area contributed by atoms with Gasteiger partial charge >= 0.3 is 6.09 Å². The number of carbonyl (C=O) groups is 2. The van der Waals surface area contributed by atoms with Crippen molar-refractivity contribution in [3.05, 3.63) is 24.3 Å². The first kappa shape index (κ1) is 15.0. The number of nitrogens with one attached hydrogen (secondary N) is 2. The van der Waals surface area contributed by atoms with Gasteiger partial charge in [-0.05, 0) is 30.7 Å². The van der Waals surface area contributed by atoms with Gasteiger partial charge in [-0.15, -0.1) is 0 Å². The first-order valence-corrected chi connectivity index (χ1v) is 6.06. The summed E-state index contributed by atoms with van der Waals surface area (Å²) in [5, 5.41) is 5.30. The highest BCUT2D eigenvalue weighted by Crippen LogP contribution is 2.15. The van der Waals surface area contributed by atoms with E-state index < -0.39 is 6.09 Å². The molecular weight excluding hydrogens is 246 g/mol. The van der Waals surface area contributed by atoms with E-state index in [9.17, 15) is 9.59 Å². The van der Waals surface area contributed by atoms with Crippen LogP contribution in [0.1, 0.15) is 13.3 Å². The summed E-state index contributed by atoms with van der Waals surface area (Å²) in [4.78, 5) is 22.8. The van der Waals surface area contributed by atoms with Crippen LogP contribution in [0.15, 0.2) is 24.3 Å². The number of carbonyl (C=O) groups excluding carboxylic acids is 2. The first-order chi connectivity index (χ1) is 9.10. The van der Waals surface area contributed by atoms with E-state index in [2.05, 4.69) is 15.4 Å². The molecule has 0 aliphatic carbocycles. The van der Waals surface area contributed by atoms with Gasteiger partial charge in [0.05, 0.1) is 13.0 Å². The molecule has 104 valence electrons. The molecule has 0 saturated heterocycles. The zero-order valence-corrected chi connectivity index (χ0v) is 11.1. The molecule has 0 aromatic heterocycles. The second-order valence-electron chi connectivity index (χ2n) is 4.02. The molecule has 1 atom stereocenters. The summed E-state index contributed by atoms with van der Waals surface area (Å²) in [5.74, 6) is -0.286. The van der Waals surface area contributed by atoms with Gasteiger partial charge < -0.3 is 15.8 Å². The van der Waals surface area contributed by atoms with Crippen LogP contribution in [0.5, 0.6) is 0 Å². The molecule has 2 amide bonds. The first-order valence-electron chi connectivity index (χ1n) is 6.06. The molecule has 1 aromatic carbocycles. The molecule has 6 nitrogen and oxygen atoms in total. The number of hydrogen-bond acceptors (Lipinski definition) is 4. The fourth-order valence-electron chi connectivity index (χ4n) is 1.51. The molecule has 0 aliphatic rings. The molecule has 0 aliphatic heterocycles. The standard InChI is InChI=1S/C13H19N3O3/c1-3-9(8-14)12(17)15-10-4-6-11(7-5-10)16-13(18)19-2/h4-7,9H,3,8,14H2,1-2H3,(H,15,17)(H,16,18). The van der Waals surface area contributed by atoms with E-state index in [0.717, 1.165) is 0 Å². The van der Waals surface area contributed by atoms with Gasteiger partial charge in [0, 0.05) is 17.9 Å². The minimum Gasteiger partial charge on any atom is -0.453 e. The molecule has 0 saturated carbocycles. The maximum Gasteiger partial charge on any atom is 0.411 e. The molecule has 0 spiro atoms. The number of nitrogens with two attached hydrogens (primary N) is 1. The van der Waals surface area contributed by atoms with E-state index in [-0.39, 0.29) is 11.8 Å². The summed E-state index contributed by atoms with van der Waals surface area (Å²) in [5.41, 5.74) is 6.76. The van der Waals surface area contributed by atoms with Crippen molar-refractivity contribution < 1.29 is 14.3 Å². The van der Waals surface area contributed by atoms with Crippen LogP contribution >= 0.6 is 0 Å². The molecule has 0 heterocycles. The second kappa shape index (κ2) is 7.38. The lowest BCUT2D eigenvalue weighted by molar-refractivity contribution is -0.119. The highest BCUT2D eigenvalue weighted by Gasteiger charge is 2.14. The lowest BCUT2D eigenvalue weighted by atomic mass is 10.1. The highest BCUT2D eigenvalue weighted by atomic mass is 16.5. The number of hydrogen-bond donors (Lipinski definition) is 3. The fourth-order valence-corrected chi connectivity index (χ4v) is 1.51.